The van der Waals surface area contributed by atoms with E-state index in [1.165, 1.54) is 28.7 Å². The number of thiophene rings is 1. The summed E-state index contributed by atoms with van der Waals surface area (Å²) in [7, 11) is 1.60. The molecule has 1 N–H and O–H groups in total. The average Bonchev–Trinajstić information content (AvgIpc) is 3.28. The molecule has 4 aromatic rings. The lowest BCUT2D eigenvalue weighted by molar-refractivity contribution is -0.118. The Labute approximate surface area is 187 Å². The first-order valence-electron chi connectivity index (χ1n) is 9.74. The minimum atomic E-state index is -0.142. The Kier molecular flexibility index (Phi) is 6.69. The van der Waals surface area contributed by atoms with E-state index in [-0.39, 0.29) is 17.2 Å². The Morgan fingerprint density at radius 3 is 2.65 bits per heavy atom. The Balaban J connectivity index is 1.51. The summed E-state index contributed by atoms with van der Waals surface area (Å²) >= 11 is 2.62. The summed E-state index contributed by atoms with van der Waals surface area (Å²) in [6.45, 7) is 0.561. The molecule has 4 rings (SSSR count). The van der Waals surface area contributed by atoms with Crippen molar-refractivity contribution in [1.29, 1.82) is 0 Å². The maximum atomic E-state index is 13.1. The van der Waals surface area contributed by atoms with E-state index >= 15 is 0 Å². The number of rotatable bonds is 8. The van der Waals surface area contributed by atoms with Crippen LogP contribution in [0.1, 0.15) is 5.56 Å². The third-order valence-corrected chi connectivity index (χ3v) is 6.52. The monoisotopic (exact) mass is 451 g/mol. The first-order valence-corrected chi connectivity index (χ1v) is 11.6. The Morgan fingerprint density at radius 1 is 1.13 bits per heavy atom. The van der Waals surface area contributed by atoms with E-state index in [1.54, 1.807) is 23.8 Å². The maximum absolute atomic E-state index is 13.1. The fourth-order valence-electron chi connectivity index (χ4n) is 3.12. The quantitative estimate of drug-likeness (QED) is 0.325. The van der Waals surface area contributed by atoms with Crippen LogP contribution in [0, 0.1) is 0 Å². The van der Waals surface area contributed by atoms with E-state index in [0.717, 1.165) is 6.42 Å². The van der Waals surface area contributed by atoms with Crippen LogP contribution in [0.4, 0.5) is 0 Å². The van der Waals surface area contributed by atoms with Crippen molar-refractivity contribution < 1.29 is 9.53 Å². The third-order valence-electron chi connectivity index (χ3n) is 4.69. The second-order valence-electron chi connectivity index (χ2n) is 6.74. The number of carbonyl (C=O) groups excluding carboxylic acids is 1. The van der Waals surface area contributed by atoms with Crippen LogP contribution >= 0.6 is 23.1 Å². The van der Waals surface area contributed by atoms with E-state index in [9.17, 15) is 9.59 Å². The number of amides is 1. The molecule has 0 saturated carbocycles. The van der Waals surface area contributed by atoms with Crippen LogP contribution in [0.15, 0.2) is 76.0 Å². The highest BCUT2D eigenvalue weighted by Crippen LogP contribution is 2.24. The molecule has 0 aliphatic heterocycles. The van der Waals surface area contributed by atoms with Gasteiger partial charge in [-0.3, -0.25) is 14.2 Å². The molecule has 158 valence electrons. The molecular weight excluding hydrogens is 430 g/mol. The van der Waals surface area contributed by atoms with Crippen molar-refractivity contribution in [2.24, 2.45) is 0 Å². The molecule has 31 heavy (non-hydrogen) atoms. The smallest absolute Gasteiger partial charge is 0.276 e. The molecule has 0 fully saturated rings. The predicted molar refractivity (Wildman–Crippen MR) is 126 cm³/mol. The topological polar surface area (TPSA) is 73.2 Å². The molecule has 0 spiro atoms. The Bertz CT molecular complexity index is 1230. The zero-order valence-electron chi connectivity index (χ0n) is 16.9. The van der Waals surface area contributed by atoms with Crippen molar-refractivity contribution in [3.63, 3.8) is 0 Å². The van der Waals surface area contributed by atoms with Gasteiger partial charge in [0.05, 0.1) is 24.1 Å². The molecule has 0 aliphatic carbocycles. The van der Waals surface area contributed by atoms with Gasteiger partial charge in [0.25, 0.3) is 5.56 Å². The van der Waals surface area contributed by atoms with E-state index in [0.29, 0.717) is 33.4 Å². The van der Waals surface area contributed by atoms with Gasteiger partial charge < -0.3 is 10.1 Å². The number of nitrogens with one attached hydrogen (secondary N) is 1. The van der Waals surface area contributed by atoms with Crippen molar-refractivity contribution in [3.8, 4) is 11.4 Å². The number of carbonyl (C=O) groups is 1. The Morgan fingerprint density at radius 2 is 1.90 bits per heavy atom. The van der Waals surface area contributed by atoms with Gasteiger partial charge in [-0.05, 0) is 47.7 Å². The molecule has 1 amide bonds. The second-order valence-corrected chi connectivity index (χ2v) is 8.60. The van der Waals surface area contributed by atoms with Gasteiger partial charge in [0, 0.05) is 6.54 Å². The van der Waals surface area contributed by atoms with E-state index in [1.807, 2.05) is 53.9 Å². The van der Waals surface area contributed by atoms with Crippen molar-refractivity contribution in [2.45, 2.75) is 11.6 Å². The predicted octanol–water partition coefficient (Wildman–Crippen LogP) is 3.91. The number of nitrogens with zero attached hydrogens (tertiary/aromatic N) is 2. The van der Waals surface area contributed by atoms with Crippen LogP contribution in [0.5, 0.6) is 5.75 Å². The van der Waals surface area contributed by atoms with Gasteiger partial charge in [-0.25, -0.2) is 4.98 Å². The van der Waals surface area contributed by atoms with E-state index < -0.39 is 0 Å². The van der Waals surface area contributed by atoms with Gasteiger partial charge in [-0.2, -0.15) is 0 Å². The number of thioether (sulfide) groups is 1. The lowest BCUT2D eigenvalue weighted by Gasteiger charge is -2.12. The fourth-order valence-corrected chi connectivity index (χ4v) is 4.72. The molecule has 0 radical (unpaired) electrons. The SMILES string of the molecule is COc1ccc(-n2c(SCC(=O)NCCc3ccccc3)nc3ccsc3c2=O)cc1. The lowest BCUT2D eigenvalue weighted by Crippen LogP contribution is -2.28. The van der Waals surface area contributed by atoms with E-state index in [2.05, 4.69) is 10.3 Å². The summed E-state index contributed by atoms with van der Waals surface area (Å²) in [6.07, 6.45) is 0.771. The van der Waals surface area contributed by atoms with Crippen molar-refractivity contribution >= 4 is 39.2 Å². The van der Waals surface area contributed by atoms with Crippen LogP contribution in [-0.2, 0) is 11.2 Å². The van der Waals surface area contributed by atoms with Gasteiger partial charge in [0.1, 0.15) is 10.4 Å². The molecular formula is C23H21N3O3S2. The average molecular weight is 452 g/mol. The molecule has 0 aliphatic rings. The summed E-state index contributed by atoms with van der Waals surface area (Å²) in [4.78, 5) is 30.1. The zero-order valence-corrected chi connectivity index (χ0v) is 18.5. The standard InChI is InChI=1S/C23H21N3O3S2/c1-29-18-9-7-17(8-10-18)26-22(28)21-19(12-14-30-21)25-23(26)31-15-20(27)24-13-11-16-5-3-2-4-6-16/h2-10,12,14H,11,13,15H2,1H3,(H,24,27). The number of hydrogen-bond acceptors (Lipinski definition) is 6. The number of ether oxygens (including phenoxy) is 1. The number of methoxy groups -OCH3 is 1. The number of benzene rings is 2. The molecule has 2 aromatic carbocycles. The molecule has 0 bridgehead atoms. The maximum Gasteiger partial charge on any atom is 0.276 e. The van der Waals surface area contributed by atoms with Crippen LogP contribution in [0.3, 0.4) is 0 Å². The highest BCUT2D eigenvalue weighted by atomic mass is 32.2. The summed E-state index contributed by atoms with van der Waals surface area (Å²) in [5, 5.41) is 5.27. The lowest BCUT2D eigenvalue weighted by atomic mass is 10.1. The number of fused-ring (bicyclic) bond motifs is 1. The molecule has 0 atom stereocenters. The summed E-state index contributed by atoms with van der Waals surface area (Å²) in [6, 6.07) is 19.0. The summed E-state index contributed by atoms with van der Waals surface area (Å²) in [5.74, 6) is 0.781. The number of aromatic nitrogens is 2. The summed E-state index contributed by atoms with van der Waals surface area (Å²) in [5.41, 5.74) is 2.36. The molecule has 6 nitrogen and oxygen atoms in total. The molecule has 0 saturated heterocycles. The van der Waals surface area contributed by atoms with Gasteiger partial charge in [0.2, 0.25) is 5.91 Å². The molecule has 0 unspecified atom stereocenters. The molecule has 8 heteroatoms. The van der Waals surface area contributed by atoms with Crippen molar-refractivity contribution in [3.05, 3.63) is 82.0 Å². The molecule has 2 aromatic heterocycles. The minimum Gasteiger partial charge on any atom is -0.497 e. The molecule has 2 heterocycles. The minimum absolute atomic E-state index is 0.0955. The fraction of sp³-hybridized carbons (Fsp3) is 0.174. The normalized spacial score (nSPS) is 10.9. The third kappa shape index (κ3) is 4.98. The van der Waals surface area contributed by atoms with E-state index in [4.69, 9.17) is 4.74 Å². The highest BCUT2D eigenvalue weighted by Gasteiger charge is 2.15. The summed E-state index contributed by atoms with van der Waals surface area (Å²) < 4.78 is 7.36. The van der Waals surface area contributed by atoms with Gasteiger partial charge >= 0.3 is 0 Å². The first kappa shape index (κ1) is 21.1. The zero-order chi connectivity index (χ0) is 21.6. The van der Waals surface area contributed by atoms with Crippen LogP contribution in [0.2, 0.25) is 0 Å². The van der Waals surface area contributed by atoms with Crippen molar-refractivity contribution in [1.82, 2.24) is 14.9 Å². The number of hydrogen-bond donors (Lipinski definition) is 1. The van der Waals surface area contributed by atoms with Gasteiger partial charge in [-0.15, -0.1) is 11.3 Å². The largest absolute Gasteiger partial charge is 0.497 e. The first-order chi connectivity index (χ1) is 15.2. The van der Waals surface area contributed by atoms with Crippen LogP contribution < -0.4 is 15.6 Å². The van der Waals surface area contributed by atoms with Crippen LogP contribution in [-0.4, -0.2) is 34.9 Å². The second kappa shape index (κ2) is 9.80. The van der Waals surface area contributed by atoms with Crippen LogP contribution in [0.25, 0.3) is 15.9 Å². The van der Waals surface area contributed by atoms with Gasteiger partial charge in [0.15, 0.2) is 5.16 Å². The highest BCUT2D eigenvalue weighted by molar-refractivity contribution is 7.99. The van der Waals surface area contributed by atoms with Gasteiger partial charge in [-0.1, -0.05) is 42.1 Å². The van der Waals surface area contributed by atoms with Crippen molar-refractivity contribution in [2.75, 3.05) is 19.4 Å². The Hall–Kier alpha value is -3.10.